The summed E-state index contributed by atoms with van der Waals surface area (Å²) in [5.74, 6) is 0.886. The minimum atomic E-state index is 0.345. The molecule has 4 nitrogen and oxygen atoms in total. The molecule has 1 N–H and O–H groups in total. The van der Waals surface area contributed by atoms with E-state index in [1.54, 1.807) is 0 Å². The largest absolute Gasteiger partial charge is 0.447 e. The molecule has 0 aliphatic carbocycles. The van der Waals surface area contributed by atoms with E-state index in [1.165, 1.54) is 32.2 Å². The summed E-state index contributed by atoms with van der Waals surface area (Å²) in [6.45, 7) is 2.26. The van der Waals surface area contributed by atoms with Crippen molar-refractivity contribution >= 4 is 0 Å². The van der Waals surface area contributed by atoms with Crippen molar-refractivity contribution in [2.75, 3.05) is 20.1 Å². The first kappa shape index (κ1) is 11.2. The molecule has 2 aliphatic rings. The average Bonchev–Trinajstić information content (AvgIpc) is 3.00. The normalized spacial score (nSPS) is 30.9. The van der Waals surface area contributed by atoms with Crippen LogP contribution >= 0.6 is 0 Å². The van der Waals surface area contributed by atoms with Crippen LogP contribution in [0, 0.1) is 0 Å². The quantitative estimate of drug-likeness (QED) is 0.853. The Bertz CT molecular complexity index is 370. The lowest BCUT2D eigenvalue weighted by Gasteiger charge is -2.30. The minimum absolute atomic E-state index is 0.345. The van der Waals surface area contributed by atoms with E-state index in [0.717, 1.165) is 24.6 Å². The van der Waals surface area contributed by atoms with Crippen molar-refractivity contribution in [1.82, 2.24) is 15.2 Å². The van der Waals surface area contributed by atoms with E-state index >= 15 is 0 Å². The molecular formula is C13H21N3O. The summed E-state index contributed by atoms with van der Waals surface area (Å²) < 4.78 is 5.65. The van der Waals surface area contributed by atoms with Crippen LogP contribution in [0.1, 0.15) is 55.8 Å². The highest BCUT2D eigenvalue weighted by molar-refractivity contribution is 5.07. The Kier molecular flexibility index (Phi) is 3.16. The summed E-state index contributed by atoms with van der Waals surface area (Å²) in [5, 5.41) is 3.43. The monoisotopic (exact) mass is 235 g/mol. The average molecular weight is 235 g/mol. The number of aromatic nitrogens is 1. The Balaban J connectivity index is 1.74. The maximum Gasteiger partial charge on any atom is 0.211 e. The van der Waals surface area contributed by atoms with Crippen molar-refractivity contribution in [3.05, 3.63) is 17.8 Å². The summed E-state index contributed by atoms with van der Waals surface area (Å²) in [4.78, 5) is 7.09. The van der Waals surface area contributed by atoms with Gasteiger partial charge in [0.25, 0.3) is 0 Å². The van der Waals surface area contributed by atoms with Gasteiger partial charge in [-0.05, 0) is 45.8 Å². The third kappa shape index (κ3) is 2.24. The predicted octanol–water partition coefficient (Wildman–Crippen LogP) is 2.26. The molecule has 0 bridgehead atoms. The Morgan fingerprint density at radius 2 is 2.29 bits per heavy atom. The van der Waals surface area contributed by atoms with Gasteiger partial charge in [-0.25, -0.2) is 4.98 Å². The molecular weight excluding hydrogens is 214 g/mol. The van der Waals surface area contributed by atoms with Gasteiger partial charge < -0.3 is 9.73 Å². The Morgan fingerprint density at radius 3 is 3.06 bits per heavy atom. The first-order valence-corrected chi connectivity index (χ1v) is 6.73. The molecule has 2 fully saturated rings. The molecule has 3 rings (SSSR count). The van der Waals surface area contributed by atoms with Gasteiger partial charge in [-0.2, -0.15) is 0 Å². The molecule has 0 saturated carbocycles. The lowest BCUT2D eigenvalue weighted by Crippen LogP contribution is -2.29. The van der Waals surface area contributed by atoms with Gasteiger partial charge in [0.1, 0.15) is 6.26 Å². The van der Waals surface area contributed by atoms with Gasteiger partial charge in [-0.15, -0.1) is 0 Å². The van der Waals surface area contributed by atoms with E-state index in [9.17, 15) is 0 Å². The van der Waals surface area contributed by atoms with Crippen molar-refractivity contribution < 1.29 is 4.42 Å². The smallest absolute Gasteiger partial charge is 0.211 e. The van der Waals surface area contributed by atoms with Crippen molar-refractivity contribution in [2.24, 2.45) is 0 Å². The van der Waals surface area contributed by atoms with Gasteiger partial charge in [0.2, 0.25) is 5.89 Å². The van der Waals surface area contributed by atoms with Crippen LogP contribution in [-0.4, -0.2) is 30.0 Å². The van der Waals surface area contributed by atoms with Crippen molar-refractivity contribution in [3.63, 3.8) is 0 Å². The number of likely N-dealkylation sites (tertiary alicyclic amines) is 1. The molecule has 94 valence electrons. The highest BCUT2D eigenvalue weighted by Crippen LogP contribution is 2.31. The number of hydrogen-bond acceptors (Lipinski definition) is 4. The molecule has 2 atom stereocenters. The van der Waals surface area contributed by atoms with Crippen LogP contribution in [0.5, 0.6) is 0 Å². The van der Waals surface area contributed by atoms with E-state index in [2.05, 4.69) is 17.3 Å². The summed E-state index contributed by atoms with van der Waals surface area (Å²) in [7, 11) is 2.19. The van der Waals surface area contributed by atoms with Crippen molar-refractivity contribution in [1.29, 1.82) is 0 Å². The van der Waals surface area contributed by atoms with Crippen LogP contribution in [0.25, 0.3) is 0 Å². The summed E-state index contributed by atoms with van der Waals surface area (Å²) >= 11 is 0. The third-order valence-electron chi connectivity index (χ3n) is 4.01. The topological polar surface area (TPSA) is 41.3 Å². The number of rotatable bonds is 2. The van der Waals surface area contributed by atoms with Crippen LogP contribution in [0.2, 0.25) is 0 Å². The SMILES string of the molecule is CN1CCCCC1c1coc(C2CCCN2)n1. The zero-order valence-corrected chi connectivity index (χ0v) is 10.5. The maximum absolute atomic E-state index is 5.65. The third-order valence-corrected chi connectivity index (χ3v) is 4.01. The Hall–Kier alpha value is -0.870. The second kappa shape index (κ2) is 4.78. The molecule has 2 saturated heterocycles. The summed E-state index contributed by atoms with van der Waals surface area (Å²) in [6, 6.07) is 0.806. The molecule has 4 heteroatoms. The molecule has 3 heterocycles. The van der Waals surface area contributed by atoms with Gasteiger partial charge in [0, 0.05) is 0 Å². The van der Waals surface area contributed by atoms with Gasteiger partial charge in [-0.3, -0.25) is 4.90 Å². The number of oxazole rings is 1. The van der Waals surface area contributed by atoms with E-state index < -0.39 is 0 Å². The fourth-order valence-electron chi connectivity index (χ4n) is 2.96. The highest BCUT2D eigenvalue weighted by Gasteiger charge is 2.26. The van der Waals surface area contributed by atoms with Crippen LogP contribution < -0.4 is 5.32 Å². The van der Waals surface area contributed by atoms with Crippen molar-refractivity contribution in [3.8, 4) is 0 Å². The molecule has 17 heavy (non-hydrogen) atoms. The predicted molar refractivity (Wildman–Crippen MR) is 65.7 cm³/mol. The van der Waals surface area contributed by atoms with Gasteiger partial charge in [0.05, 0.1) is 17.8 Å². The lowest BCUT2D eigenvalue weighted by atomic mass is 10.0. The zero-order chi connectivity index (χ0) is 11.7. The fraction of sp³-hybridized carbons (Fsp3) is 0.769. The number of nitrogens with one attached hydrogen (secondary N) is 1. The van der Waals surface area contributed by atoms with Crippen LogP contribution in [-0.2, 0) is 0 Å². The number of nitrogens with zero attached hydrogens (tertiary/aromatic N) is 2. The van der Waals surface area contributed by atoms with E-state index in [0.29, 0.717) is 12.1 Å². The van der Waals surface area contributed by atoms with Crippen LogP contribution in [0.4, 0.5) is 0 Å². The molecule has 1 aromatic rings. The second-order valence-corrected chi connectivity index (χ2v) is 5.25. The van der Waals surface area contributed by atoms with Crippen molar-refractivity contribution in [2.45, 2.75) is 44.2 Å². The molecule has 1 aromatic heterocycles. The van der Waals surface area contributed by atoms with E-state index in [1.807, 2.05) is 6.26 Å². The number of hydrogen-bond donors (Lipinski definition) is 1. The summed E-state index contributed by atoms with van der Waals surface area (Å²) in [5.41, 5.74) is 1.12. The van der Waals surface area contributed by atoms with Gasteiger partial charge in [-0.1, -0.05) is 6.42 Å². The fourth-order valence-corrected chi connectivity index (χ4v) is 2.96. The van der Waals surface area contributed by atoms with Gasteiger partial charge >= 0.3 is 0 Å². The molecule has 0 amide bonds. The van der Waals surface area contributed by atoms with Gasteiger partial charge in [0.15, 0.2) is 0 Å². The van der Waals surface area contributed by atoms with Crippen LogP contribution in [0.15, 0.2) is 10.7 Å². The first-order valence-electron chi connectivity index (χ1n) is 6.73. The molecule has 2 unspecified atom stereocenters. The maximum atomic E-state index is 5.65. The first-order chi connectivity index (χ1) is 8.34. The Morgan fingerprint density at radius 1 is 1.35 bits per heavy atom. The molecule has 2 aliphatic heterocycles. The molecule has 0 spiro atoms. The number of piperidine rings is 1. The summed E-state index contributed by atoms with van der Waals surface area (Å²) in [6.07, 6.45) is 8.06. The second-order valence-electron chi connectivity index (χ2n) is 5.25. The minimum Gasteiger partial charge on any atom is -0.447 e. The van der Waals surface area contributed by atoms with E-state index in [-0.39, 0.29) is 0 Å². The Labute approximate surface area is 102 Å². The zero-order valence-electron chi connectivity index (χ0n) is 10.5. The standard InChI is InChI=1S/C13H21N3O/c1-16-8-3-2-6-12(16)11-9-17-13(15-11)10-5-4-7-14-10/h9-10,12,14H,2-8H2,1H3. The van der Waals surface area contributed by atoms with E-state index in [4.69, 9.17) is 9.40 Å². The molecule has 0 radical (unpaired) electrons. The lowest BCUT2D eigenvalue weighted by molar-refractivity contribution is 0.183. The molecule has 0 aromatic carbocycles. The highest BCUT2D eigenvalue weighted by atomic mass is 16.3. The van der Waals surface area contributed by atoms with Crippen LogP contribution in [0.3, 0.4) is 0 Å².